The first-order valence-electron chi connectivity index (χ1n) is 10.6. The second-order valence-corrected chi connectivity index (χ2v) is 8.62. The summed E-state index contributed by atoms with van der Waals surface area (Å²) in [5.74, 6) is 1.14. The van der Waals surface area contributed by atoms with Gasteiger partial charge in [0.25, 0.3) is 5.91 Å². The molecule has 4 rings (SSSR count). The summed E-state index contributed by atoms with van der Waals surface area (Å²) in [6, 6.07) is 15.0. The molecule has 0 saturated heterocycles. The number of hydrogen-bond donors (Lipinski definition) is 1. The Kier molecular flexibility index (Phi) is 6.79. The molecule has 2 amide bonds. The van der Waals surface area contributed by atoms with Crippen molar-refractivity contribution in [1.29, 1.82) is 0 Å². The average molecular weight is 463 g/mol. The maximum Gasteiger partial charge on any atom is 0.251 e. The van der Waals surface area contributed by atoms with Crippen LogP contribution in [0.2, 0.25) is 0 Å². The lowest BCUT2D eigenvalue weighted by Crippen LogP contribution is -2.39. The predicted molar refractivity (Wildman–Crippen MR) is 130 cm³/mol. The van der Waals surface area contributed by atoms with Crippen LogP contribution in [0, 0.1) is 0 Å². The molecule has 0 aliphatic carbocycles. The molecular formula is C26H26N2O4S. The second kappa shape index (κ2) is 9.92. The fourth-order valence-corrected chi connectivity index (χ4v) is 4.94. The van der Waals surface area contributed by atoms with Crippen LogP contribution >= 0.6 is 11.3 Å². The minimum Gasteiger partial charge on any atom is -0.493 e. The van der Waals surface area contributed by atoms with Gasteiger partial charge in [0.2, 0.25) is 5.91 Å². The SMILES string of the molecule is CNC(=O)c1ccc(/C=C/C(=O)N2CCc3cc(OC)c(OC)cc3C2c2cccs2)cc1. The van der Waals surface area contributed by atoms with Crippen LogP contribution in [0.5, 0.6) is 11.5 Å². The zero-order chi connectivity index (χ0) is 23.4. The van der Waals surface area contributed by atoms with E-state index >= 15 is 0 Å². The van der Waals surface area contributed by atoms with Gasteiger partial charge in [0, 0.05) is 30.1 Å². The first-order chi connectivity index (χ1) is 16.0. The van der Waals surface area contributed by atoms with Gasteiger partial charge in [-0.3, -0.25) is 9.59 Å². The van der Waals surface area contributed by atoms with E-state index in [0.29, 0.717) is 23.6 Å². The third-order valence-electron chi connectivity index (χ3n) is 5.79. The van der Waals surface area contributed by atoms with Gasteiger partial charge in [-0.25, -0.2) is 0 Å². The summed E-state index contributed by atoms with van der Waals surface area (Å²) < 4.78 is 11.0. The van der Waals surface area contributed by atoms with E-state index in [0.717, 1.165) is 28.0 Å². The maximum absolute atomic E-state index is 13.3. The summed E-state index contributed by atoms with van der Waals surface area (Å²) in [5.41, 5.74) is 3.64. The molecule has 1 unspecified atom stereocenters. The highest BCUT2D eigenvalue weighted by Gasteiger charge is 2.33. The number of amides is 2. The topological polar surface area (TPSA) is 67.9 Å². The van der Waals surface area contributed by atoms with Crippen molar-refractivity contribution in [2.45, 2.75) is 12.5 Å². The Morgan fingerprint density at radius 1 is 1.09 bits per heavy atom. The van der Waals surface area contributed by atoms with Gasteiger partial charge in [-0.15, -0.1) is 11.3 Å². The monoisotopic (exact) mass is 462 g/mol. The van der Waals surface area contributed by atoms with Gasteiger partial charge in [-0.2, -0.15) is 0 Å². The van der Waals surface area contributed by atoms with Crippen molar-refractivity contribution in [1.82, 2.24) is 10.2 Å². The number of nitrogens with one attached hydrogen (secondary N) is 1. The number of hydrogen-bond acceptors (Lipinski definition) is 5. The minimum absolute atomic E-state index is 0.0655. The predicted octanol–water partition coefficient (Wildman–Crippen LogP) is 4.31. The van der Waals surface area contributed by atoms with Crippen molar-refractivity contribution in [3.05, 3.63) is 87.1 Å². The van der Waals surface area contributed by atoms with Gasteiger partial charge in [-0.05, 0) is 64.9 Å². The Labute approximate surface area is 197 Å². The number of benzene rings is 2. The summed E-state index contributed by atoms with van der Waals surface area (Å²) in [5, 5.41) is 4.63. The first kappa shape index (κ1) is 22.6. The van der Waals surface area contributed by atoms with E-state index in [1.165, 1.54) is 0 Å². The van der Waals surface area contributed by atoms with Crippen molar-refractivity contribution in [2.75, 3.05) is 27.8 Å². The Morgan fingerprint density at radius 3 is 2.45 bits per heavy atom. The van der Waals surface area contributed by atoms with Gasteiger partial charge >= 0.3 is 0 Å². The zero-order valence-corrected chi connectivity index (χ0v) is 19.6. The molecule has 1 N–H and O–H groups in total. The van der Waals surface area contributed by atoms with Crippen LogP contribution in [0.3, 0.4) is 0 Å². The first-order valence-corrected chi connectivity index (χ1v) is 11.5. The number of nitrogens with zero attached hydrogens (tertiary/aromatic N) is 1. The molecule has 2 heterocycles. The lowest BCUT2D eigenvalue weighted by Gasteiger charge is -2.37. The standard InChI is InChI=1S/C26H26N2O4S/c1-27-26(30)18-9-6-17(7-10-18)8-11-24(29)28-13-12-19-15-21(31-2)22(32-3)16-20(19)25(28)23-5-4-14-33-23/h4-11,14-16,25H,12-13H2,1-3H3,(H,27,30)/b11-8+. The van der Waals surface area contributed by atoms with Crippen LogP contribution < -0.4 is 14.8 Å². The van der Waals surface area contributed by atoms with Gasteiger partial charge in [-0.1, -0.05) is 18.2 Å². The van der Waals surface area contributed by atoms with Crippen molar-refractivity contribution in [2.24, 2.45) is 0 Å². The summed E-state index contributed by atoms with van der Waals surface area (Å²) >= 11 is 1.63. The number of methoxy groups -OCH3 is 2. The number of carbonyl (C=O) groups excluding carboxylic acids is 2. The highest BCUT2D eigenvalue weighted by molar-refractivity contribution is 7.10. The molecule has 3 aromatic rings. The Morgan fingerprint density at radius 2 is 1.82 bits per heavy atom. The summed E-state index contributed by atoms with van der Waals surface area (Å²) in [6.45, 7) is 0.601. The van der Waals surface area contributed by atoms with Crippen molar-refractivity contribution < 1.29 is 19.1 Å². The molecule has 7 heteroatoms. The largest absolute Gasteiger partial charge is 0.493 e. The lowest BCUT2D eigenvalue weighted by molar-refractivity contribution is -0.127. The highest BCUT2D eigenvalue weighted by Crippen LogP contribution is 2.42. The van der Waals surface area contributed by atoms with Gasteiger partial charge in [0.15, 0.2) is 11.5 Å². The molecule has 1 aliphatic heterocycles. The molecule has 1 aliphatic rings. The molecule has 0 spiro atoms. The van der Waals surface area contributed by atoms with Crippen molar-refractivity contribution in [3.63, 3.8) is 0 Å². The van der Waals surface area contributed by atoms with E-state index in [2.05, 4.69) is 11.4 Å². The van der Waals surface area contributed by atoms with E-state index in [4.69, 9.17) is 9.47 Å². The average Bonchev–Trinajstić information content (AvgIpc) is 3.40. The van der Waals surface area contributed by atoms with E-state index in [9.17, 15) is 9.59 Å². The van der Waals surface area contributed by atoms with Crippen LogP contribution in [0.4, 0.5) is 0 Å². The van der Waals surface area contributed by atoms with Crippen LogP contribution in [0.1, 0.15) is 38.0 Å². The molecule has 1 aromatic heterocycles. The molecule has 33 heavy (non-hydrogen) atoms. The molecular weight excluding hydrogens is 436 g/mol. The second-order valence-electron chi connectivity index (χ2n) is 7.64. The van der Waals surface area contributed by atoms with Gasteiger partial charge in [0.1, 0.15) is 0 Å². The van der Waals surface area contributed by atoms with Crippen molar-refractivity contribution >= 4 is 29.2 Å². The highest BCUT2D eigenvalue weighted by atomic mass is 32.1. The number of thiophene rings is 1. The van der Waals surface area contributed by atoms with Crippen LogP contribution in [0.15, 0.2) is 60.0 Å². The lowest BCUT2D eigenvalue weighted by atomic mass is 9.90. The quantitative estimate of drug-likeness (QED) is 0.555. The van der Waals surface area contributed by atoms with Gasteiger partial charge in [0.05, 0.1) is 20.3 Å². The number of carbonyl (C=O) groups is 2. The van der Waals surface area contributed by atoms with E-state index in [1.807, 2.05) is 40.6 Å². The Bertz CT molecular complexity index is 1170. The molecule has 0 bridgehead atoms. The number of fused-ring (bicyclic) bond motifs is 1. The minimum atomic E-state index is -0.193. The normalized spacial score (nSPS) is 15.2. The smallest absolute Gasteiger partial charge is 0.251 e. The van der Waals surface area contributed by atoms with Crippen LogP contribution in [0.25, 0.3) is 6.08 Å². The Balaban J connectivity index is 1.63. The number of ether oxygens (including phenoxy) is 2. The third-order valence-corrected chi connectivity index (χ3v) is 6.71. The van der Waals surface area contributed by atoms with E-state index in [1.54, 1.807) is 56.9 Å². The molecule has 0 fully saturated rings. The summed E-state index contributed by atoms with van der Waals surface area (Å²) in [7, 11) is 4.85. The van der Waals surface area contributed by atoms with E-state index < -0.39 is 0 Å². The van der Waals surface area contributed by atoms with E-state index in [-0.39, 0.29) is 17.9 Å². The fraction of sp³-hybridized carbons (Fsp3) is 0.231. The molecule has 6 nitrogen and oxygen atoms in total. The van der Waals surface area contributed by atoms with Crippen LogP contribution in [-0.4, -0.2) is 44.5 Å². The third kappa shape index (κ3) is 4.64. The summed E-state index contributed by atoms with van der Waals surface area (Å²) in [4.78, 5) is 28.0. The van der Waals surface area contributed by atoms with Crippen molar-refractivity contribution in [3.8, 4) is 11.5 Å². The zero-order valence-electron chi connectivity index (χ0n) is 18.8. The number of rotatable bonds is 6. The maximum atomic E-state index is 13.3. The fourth-order valence-electron chi connectivity index (χ4n) is 4.09. The molecule has 0 saturated carbocycles. The molecule has 0 radical (unpaired) electrons. The summed E-state index contributed by atoms with van der Waals surface area (Å²) in [6.07, 6.45) is 4.12. The van der Waals surface area contributed by atoms with Gasteiger partial charge < -0.3 is 19.7 Å². The van der Waals surface area contributed by atoms with Crippen LogP contribution in [-0.2, 0) is 11.2 Å². The molecule has 2 aromatic carbocycles. The Hall–Kier alpha value is -3.58. The molecule has 170 valence electrons. The molecule has 1 atom stereocenters.